The summed E-state index contributed by atoms with van der Waals surface area (Å²) in [4.78, 5) is 33.1. The second-order valence-corrected chi connectivity index (χ2v) is 3.44. The van der Waals surface area contributed by atoms with E-state index in [0.29, 0.717) is 0 Å². The number of methoxy groups -OCH3 is 1. The van der Waals surface area contributed by atoms with Crippen molar-refractivity contribution in [2.75, 3.05) is 13.7 Å². The summed E-state index contributed by atoms with van der Waals surface area (Å²) >= 11 is 0. The van der Waals surface area contributed by atoms with E-state index in [9.17, 15) is 14.4 Å². The number of ether oxygens (including phenoxy) is 3. The van der Waals surface area contributed by atoms with E-state index in [1.807, 2.05) is 0 Å². The molecule has 1 aromatic carbocycles. The summed E-state index contributed by atoms with van der Waals surface area (Å²) in [6, 6.07) is 5.59. The molecule has 1 rings (SSSR count). The Kier molecular flexibility index (Phi) is 5.76. The Labute approximate surface area is 114 Å². The Morgan fingerprint density at radius 1 is 1.20 bits per heavy atom. The molecule has 0 saturated heterocycles. The fraction of sp³-hybridized carbons (Fsp3) is 0.154. The molecule has 0 aromatic heterocycles. The van der Waals surface area contributed by atoms with Crippen molar-refractivity contribution in [1.82, 2.24) is 0 Å². The first-order valence-corrected chi connectivity index (χ1v) is 5.44. The summed E-state index contributed by atoms with van der Waals surface area (Å²) in [5.41, 5.74) is 0. The van der Waals surface area contributed by atoms with Crippen LogP contribution >= 0.6 is 0 Å². The largest absolute Gasteiger partial charge is 0.508 e. The van der Waals surface area contributed by atoms with Crippen LogP contribution in [0.15, 0.2) is 36.4 Å². The molecule has 0 atom stereocenters. The minimum absolute atomic E-state index is 0.0618. The number of rotatable bonds is 5. The van der Waals surface area contributed by atoms with E-state index in [4.69, 9.17) is 9.84 Å². The maximum absolute atomic E-state index is 11.3. The van der Waals surface area contributed by atoms with Crippen molar-refractivity contribution in [3.8, 4) is 11.5 Å². The van der Waals surface area contributed by atoms with Crippen LogP contribution in [0.4, 0.5) is 0 Å². The van der Waals surface area contributed by atoms with Crippen LogP contribution in [-0.2, 0) is 23.9 Å². The normalized spacial score (nSPS) is 10.1. The van der Waals surface area contributed by atoms with Gasteiger partial charge in [0, 0.05) is 18.2 Å². The first-order chi connectivity index (χ1) is 9.51. The van der Waals surface area contributed by atoms with E-state index in [0.717, 1.165) is 19.3 Å². The molecular weight excluding hydrogens is 268 g/mol. The predicted molar refractivity (Wildman–Crippen MR) is 65.9 cm³/mol. The summed E-state index contributed by atoms with van der Waals surface area (Å²) in [6.45, 7) is -0.625. The van der Waals surface area contributed by atoms with Gasteiger partial charge in [-0.2, -0.15) is 0 Å². The average molecular weight is 280 g/mol. The van der Waals surface area contributed by atoms with E-state index in [2.05, 4.69) is 9.47 Å². The fourth-order valence-electron chi connectivity index (χ4n) is 1.09. The maximum Gasteiger partial charge on any atom is 0.349 e. The molecule has 20 heavy (non-hydrogen) atoms. The van der Waals surface area contributed by atoms with Gasteiger partial charge in [-0.3, -0.25) is 0 Å². The molecule has 0 spiro atoms. The van der Waals surface area contributed by atoms with Crippen molar-refractivity contribution >= 4 is 17.9 Å². The summed E-state index contributed by atoms with van der Waals surface area (Å²) in [5, 5.41) is 9.16. The third-order valence-corrected chi connectivity index (χ3v) is 1.94. The molecule has 7 heteroatoms. The van der Waals surface area contributed by atoms with Crippen molar-refractivity contribution in [3.63, 3.8) is 0 Å². The molecular formula is C13H12O7. The molecule has 7 nitrogen and oxygen atoms in total. The van der Waals surface area contributed by atoms with Crippen molar-refractivity contribution in [2.24, 2.45) is 0 Å². The molecule has 0 bridgehead atoms. The molecule has 0 aliphatic rings. The van der Waals surface area contributed by atoms with Gasteiger partial charge in [-0.15, -0.1) is 0 Å². The van der Waals surface area contributed by atoms with E-state index in [1.165, 1.54) is 24.3 Å². The summed E-state index contributed by atoms with van der Waals surface area (Å²) in [6.07, 6.45) is 1.69. The van der Waals surface area contributed by atoms with Crippen LogP contribution in [0.2, 0.25) is 0 Å². The molecule has 0 amide bonds. The molecule has 1 N–H and O–H groups in total. The average Bonchev–Trinajstić information content (AvgIpc) is 2.42. The van der Waals surface area contributed by atoms with Gasteiger partial charge in [0.2, 0.25) is 0 Å². The van der Waals surface area contributed by atoms with Crippen molar-refractivity contribution in [1.29, 1.82) is 0 Å². The molecule has 0 fully saturated rings. The number of phenolic OH excluding ortho intramolecular Hbond substituents is 1. The molecule has 0 radical (unpaired) electrons. The Hall–Kier alpha value is -2.83. The highest BCUT2D eigenvalue weighted by Crippen LogP contribution is 2.17. The monoisotopic (exact) mass is 280 g/mol. The van der Waals surface area contributed by atoms with Crippen LogP contribution in [0, 0.1) is 0 Å². The lowest BCUT2D eigenvalue weighted by molar-refractivity contribution is -0.150. The van der Waals surface area contributed by atoms with Gasteiger partial charge in [0.15, 0.2) is 6.61 Å². The Bertz CT molecular complexity index is 533. The Morgan fingerprint density at radius 3 is 2.55 bits per heavy atom. The van der Waals surface area contributed by atoms with Crippen LogP contribution in [0.1, 0.15) is 0 Å². The van der Waals surface area contributed by atoms with Crippen molar-refractivity contribution in [3.05, 3.63) is 36.4 Å². The molecule has 0 aliphatic carbocycles. The third-order valence-electron chi connectivity index (χ3n) is 1.94. The van der Waals surface area contributed by atoms with Gasteiger partial charge < -0.3 is 19.3 Å². The van der Waals surface area contributed by atoms with E-state index in [1.54, 1.807) is 0 Å². The van der Waals surface area contributed by atoms with Crippen LogP contribution in [0.25, 0.3) is 0 Å². The highest BCUT2D eigenvalue weighted by molar-refractivity contribution is 5.92. The van der Waals surface area contributed by atoms with Gasteiger partial charge in [0.05, 0.1) is 7.11 Å². The van der Waals surface area contributed by atoms with Crippen LogP contribution in [0.3, 0.4) is 0 Å². The number of hydrogen-bond donors (Lipinski definition) is 1. The van der Waals surface area contributed by atoms with Gasteiger partial charge in [-0.25, -0.2) is 14.4 Å². The number of esters is 3. The zero-order valence-corrected chi connectivity index (χ0v) is 10.6. The number of aromatic hydroxyl groups is 1. The number of carbonyl (C=O) groups excluding carboxylic acids is 3. The van der Waals surface area contributed by atoms with Gasteiger partial charge in [-0.05, 0) is 12.1 Å². The van der Waals surface area contributed by atoms with Gasteiger partial charge in [-0.1, -0.05) is 6.07 Å². The molecule has 0 unspecified atom stereocenters. The smallest absolute Gasteiger partial charge is 0.349 e. The first-order valence-electron chi connectivity index (χ1n) is 5.44. The zero-order valence-electron chi connectivity index (χ0n) is 10.6. The SMILES string of the molecule is COC(=O)/C=C/C(=O)OCC(=O)Oc1cccc(O)c1. The van der Waals surface area contributed by atoms with Crippen molar-refractivity contribution < 1.29 is 33.7 Å². The summed E-state index contributed by atoms with van der Waals surface area (Å²) in [7, 11) is 1.16. The van der Waals surface area contributed by atoms with Crippen molar-refractivity contribution in [2.45, 2.75) is 0 Å². The lowest BCUT2D eigenvalue weighted by Crippen LogP contribution is -2.18. The topological polar surface area (TPSA) is 99.1 Å². The quantitative estimate of drug-likeness (QED) is 0.478. The number of carbonyl (C=O) groups is 3. The molecule has 106 valence electrons. The Balaban J connectivity index is 2.38. The standard InChI is InChI=1S/C13H12O7/c1-18-11(15)5-6-12(16)19-8-13(17)20-10-4-2-3-9(14)7-10/h2-7,14H,8H2,1H3/b6-5+. The van der Waals surface area contributed by atoms with Crippen LogP contribution in [0.5, 0.6) is 11.5 Å². The van der Waals surface area contributed by atoms with Crippen LogP contribution in [-0.4, -0.2) is 36.7 Å². The number of phenols is 1. The zero-order chi connectivity index (χ0) is 15.0. The maximum atomic E-state index is 11.3. The highest BCUT2D eigenvalue weighted by atomic mass is 16.6. The molecule has 1 aromatic rings. The Morgan fingerprint density at radius 2 is 1.90 bits per heavy atom. The third kappa shape index (κ3) is 5.67. The summed E-state index contributed by atoms with van der Waals surface area (Å²) < 4.78 is 13.6. The second kappa shape index (κ2) is 7.57. The summed E-state index contributed by atoms with van der Waals surface area (Å²) in [5.74, 6) is -2.37. The number of benzene rings is 1. The van der Waals surface area contributed by atoms with E-state index in [-0.39, 0.29) is 11.5 Å². The molecule has 0 saturated carbocycles. The minimum atomic E-state index is -0.886. The van der Waals surface area contributed by atoms with Crippen LogP contribution < -0.4 is 4.74 Å². The molecule has 0 aliphatic heterocycles. The number of hydrogen-bond acceptors (Lipinski definition) is 7. The molecule has 0 heterocycles. The van der Waals surface area contributed by atoms with E-state index >= 15 is 0 Å². The predicted octanol–water partition coefficient (Wildman–Crippen LogP) is 0.570. The van der Waals surface area contributed by atoms with Gasteiger partial charge in [0.1, 0.15) is 11.5 Å². The second-order valence-electron chi connectivity index (χ2n) is 3.44. The lowest BCUT2D eigenvalue weighted by atomic mass is 10.3. The van der Waals surface area contributed by atoms with E-state index < -0.39 is 24.5 Å². The highest BCUT2D eigenvalue weighted by Gasteiger charge is 2.08. The fourth-order valence-corrected chi connectivity index (χ4v) is 1.09. The first kappa shape index (κ1) is 15.2. The van der Waals surface area contributed by atoms with Gasteiger partial charge >= 0.3 is 17.9 Å². The van der Waals surface area contributed by atoms with Gasteiger partial charge in [0.25, 0.3) is 0 Å². The lowest BCUT2D eigenvalue weighted by Gasteiger charge is -2.04. The minimum Gasteiger partial charge on any atom is -0.508 e.